The largest absolute Gasteiger partial charge is 0.457 e. The molecule has 1 aromatic carbocycles. The normalized spacial score (nSPS) is 11.3. The summed E-state index contributed by atoms with van der Waals surface area (Å²) >= 11 is 0. The SMILES string of the molecule is Cn1cc(-c2cc(Oc3ccc(NC(=O)Nc4cc(C(C)(C)C)no4)c(F)c3)ccn2)nn1. The zero-order chi connectivity index (χ0) is 23.6. The Morgan fingerprint density at radius 3 is 2.55 bits per heavy atom. The highest BCUT2D eigenvalue weighted by molar-refractivity contribution is 5.99. The van der Waals surface area contributed by atoms with Crippen LogP contribution in [0.15, 0.2) is 53.3 Å². The monoisotopic (exact) mass is 451 g/mol. The van der Waals surface area contributed by atoms with Crippen LogP contribution in [0.5, 0.6) is 11.5 Å². The third-order valence-electron chi connectivity index (χ3n) is 4.54. The van der Waals surface area contributed by atoms with E-state index in [4.69, 9.17) is 9.26 Å². The molecular weight excluding hydrogens is 429 g/mol. The molecular formula is C22H22FN7O3. The smallest absolute Gasteiger partial charge is 0.326 e. The molecule has 4 aromatic rings. The fourth-order valence-corrected chi connectivity index (χ4v) is 2.83. The van der Waals surface area contributed by atoms with Gasteiger partial charge in [0.25, 0.3) is 0 Å². The Kier molecular flexibility index (Phi) is 5.78. The van der Waals surface area contributed by atoms with Gasteiger partial charge < -0.3 is 14.6 Å². The van der Waals surface area contributed by atoms with Crippen LogP contribution in [0.25, 0.3) is 11.4 Å². The van der Waals surface area contributed by atoms with E-state index in [0.29, 0.717) is 22.8 Å². The molecule has 0 radical (unpaired) electrons. The number of urea groups is 1. The molecule has 11 heteroatoms. The number of amides is 2. The molecule has 3 heterocycles. The number of nitrogens with zero attached hydrogens (tertiary/aromatic N) is 5. The summed E-state index contributed by atoms with van der Waals surface area (Å²) in [5.74, 6) is 0.191. The number of anilines is 2. The molecule has 0 saturated carbocycles. The first kappa shape index (κ1) is 21.9. The summed E-state index contributed by atoms with van der Waals surface area (Å²) in [5.41, 5.74) is 1.58. The molecule has 3 aromatic heterocycles. The number of nitrogens with one attached hydrogen (secondary N) is 2. The van der Waals surface area contributed by atoms with Gasteiger partial charge in [-0.25, -0.2) is 9.18 Å². The van der Waals surface area contributed by atoms with E-state index >= 15 is 0 Å². The lowest BCUT2D eigenvalue weighted by atomic mass is 9.92. The summed E-state index contributed by atoms with van der Waals surface area (Å²) in [6, 6.07) is 8.37. The number of hydrogen-bond acceptors (Lipinski definition) is 7. The van der Waals surface area contributed by atoms with E-state index in [1.54, 1.807) is 42.3 Å². The van der Waals surface area contributed by atoms with Crippen molar-refractivity contribution in [2.45, 2.75) is 26.2 Å². The lowest BCUT2D eigenvalue weighted by Gasteiger charge is -2.12. The second kappa shape index (κ2) is 8.69. The van der Waals surface area contributed by atoms with Gasteiger partial charge in [0, 0.05) is 36.9 Å². The summed E-state index contributed by atoms with van der Waals surface area (Å²) < 4.78 is 27.0. The van der Waals surface area contributed by atoms with Gasteiger partial charge in [0.05, 0.1) is 23.3 Å². The number of rotatable bonds is 5. The minimum atomic E-state index is -0.668. The molecule has 10 nitrogen and oxygen atoms in total. The Bertz CT molecular complexity index is 1290. The van der Waals surface area contributed by atoms with Gasteiger partial charge >= 0.3 is 6.03 Å². The van der Waals surface area contributed by atoms with E-state index in [2.05, 4.69) is 31.1 Å². The third-order valence-corrected chi connectivity index (χ3v) is 4.54. The molecule has 2 N–H and O–H groups in total. The molecule has 0 aliphatic heterocycles. The maximum absolute atomic E-state index is 14.6. The summed E-state index contributed by atoms with van der Waals surface area (Å²) in [7, 11) is 1.75. The van der Waals surface area contributed by atoms with E-state index in [9.17, 15) is 9.18 Å². The van der Waals surface area contributed by atoms with Crippen molar-refractivity contribution in [3.05, 3.63) is 60.3 Å². The molecule has 0 saturated heterocycles. The third kappa shape index (κ3) is 5.32. The van der Waals surface area contributed by atoms with Crippen LogP contribution in [0.4, 0.5) is 20.8 Å². The van der Waals surface area contributed by atoms with Crippen LogP contribution in [0.3, 0.4) is 0 Å². The number of ether oxygens (including phenoxy) is 1. The highest BCUT2D eigenvalue weighted by atomic mass is 19.1. The van der Waals surface area contributed by atoms with Crippen LogP contribution in [-0.2, 0) is 12.5 Å². The quantitative estimate of drug-likeness (QED) is 0.450. The predicted octanol–water partition coefficient (Wildman–Crippen LogP) is 4.74. The number of hydrogen-bond donors (Lipinski definition) is 2. The highest BCUT2D eigenvalue weighted by Crippen LogP contribution is 2.28. The molecule has 2 amide bonds. The standard InChI is InChI=1S/C22H22FN7O3/c1-22(2,3)19-11-20(33-28-19)26-21(31)25-16-6-5-13(9-15(16)23)32-14-7-8-24-17(10-14)18-12-30(4)29-27-18/h5-12H,1-4H3,(H2,25,26,31). The van der Waals surface area contributed by atoms with Gasteiger partial charge in [0.1, 0.15) is 23.0 Å². The molecule has 4 rings (SSSR count). The molecule has 0 aliphatic rings. The molecule has 0 bridgehead atoms. The van der Waals surface area contributed by atoms with Crippen molar-refractivity contribution in [3.8, 4) is 22.9 Å². The van der Waals surface area contributed by atoms with Crippen molar-refractivity contribution >= 4 is 17.6 Å². The molecule has 0 fully saturated rings. The Labute approximate surface area is 188 Å². The van der Waals surface area contributed by atoms with Gasteiger partial charge in [0.15, 0.2) is 0 Å². The first-order valence-corrected chi connectivity index (χ1v) is 10.0. The van der Waals surface area contributed by atoms with Gasteiger partial charge in [0.2, 0.25) is 5.88 Å². The van der Waals surface area contributed by atoms with Crippen molar-refractivity contribution in [1.29, 1.82) is 0 Å². The van der Waals surface area contributed by atoms with Crippen LogP contribution in [0.1, 0.15) is 26.5 Å². The summed E-state index contributed by atoms with van der Waals surface area (Å²) in [6.07, 6.45) is 3.28. The molecule has 0 unspecified atom stereocenters. The number of aryl methyl sites for hydroxylation is 1. The zero-order valence-corrected chi connectivity index (χ0v) is 18.5. The molecule has 170 valence electrons. The van der Waals surface area contributed by atoms with E-state index in [1.807, 2.05) is 20.8 Å². The molecule has 0 atom stereocenters. The van der Waals surface area contributed by atoms with Gasteiger partial charge in [-0.05, 0) is 18.2 Å². The lowest BCUT2D eigenvalue weighted by Crippen LogP contribution is -2.19. The topological polar surface area (TPSA) is 120 Å². The number of benzene rings is 1. The first-order chi connectivity index (χ1) is 15.7. The Hall–Kier alpha value is -4.28. The van der Waals surface area contributed by atoms with Crippen LogP contribution in [-0.4, -0.2) is 31.2 Å². The van der Waals surface area contributed by atoms with E-state index < -0.39 is 11.8 Å². The lowest BCUT2D eigenvalue weighted by molar-refractivity contribution is 0.261. The van der Waals surface area contributed by atoms with E-state index in [-0.39, 0.29) is 22.7 Å². The summed E-state index contributed by atoms with van der Waals surface area (Å²) in [6.45, 7) is 5.91. The fraction of sp³-hybridized carbons (Fsp3) is 0.227. The van der Waals surface area contributed by atoms with Crippen molar-refractivity contribution in [1.82, 2.24) is 25.1 Å². The van der Waals surface area contributed by atoms with Gasteiger partial charge in [-0.1, -0.05) is 31.1 Å². The van der Waals surface area contributed by atoms with Gasteiger partial charge in [-0.2, -0.15) is 0 Å². The number of halogens is 1. The second-order valence-corrected chi connectivity index (χ2v) is 8.30. The highest BCUT2D eigenvalue weighted by Gasteiger charge is 2.20. The molecule has 0 aliphatic carbocycles. The minimum absolute atomic E-state index is 0.0228. The van der Waals surface area contributed by atoms with Crippen LogP contribution >= 0.6 is 0 Å². The van der Waals surface area contributed by atoms with Crippen LogP contribution in [0, 0.1) is 5.82 Å². The van der Waals surface area contributed by atoms with Crippen LogP contribution in [0.2, 0.25) is 0 Å². The Morgan fingerprint density at radius 1 is 1.09 bits per heavy atom. The maximum atomic E-state index is 14.6. The van der Waals surface area contributed by atoms with Crippen molar-refractivity contribution < 1.29 is 18.4 Å². The molecule has 33 heavy (non-hydrogen) atoms. The van der Waals surface area contributed by atoms with Gasteiger partial charge in [-0.3, -0.25) is 15.0 Å². The Morgan fingerprint density at radius 2 is 1.88 bits per heavy atom. The number of pyridine rings is 1. The Balaban J connectivity index is 1.41. The van der Waals surface area contributed by atoms with Crippen molar-refractivity contribution in [2.75, 3.05) is 10.6 Å². The second-order valence-electron chi connectivity index (χ2n) is 8.30. The fourth-order valence-electron chi connectivity index (χ4n) is 2.83. The summed E-state index contributed by atoms with van der Waals surface area (Å²) in [5, 5.41) is 16.7. The van der Waals surface area contributed by atoms with E-state index in [1.165, 1.54) is 18.2 Å². The predicted molar refractivity (Wildman–Crippen MR) is 119 cm³/mol. The van der Waals surface area contributed by atoms with E-state index in [0.717, 1.165) is 0 Å². The average molecular weight is 451 g/mol. The van der Waals surface area contributed by atoms with Crippen molar-refractivity contribution in [2.24, 2.45) is 7.05 Å². The maximum Gasteiger partial charge on any atom is 0.326 e. The van der Waals surface area contributed by atoms with Crippen molar-refractivity contribution in [3.63, 3.8) is 0 Å². The van der Waals surface area contributed by atoms with Gasteiger partial charge in [-0.15, -0.1) is 5.10 Å². The number of carbonyl (C=O) groups excluding carboxylic acids is 1. The summed E-state index contributed by atoms with van der Waals surface area (Å²) in [4.78, 5) is 16.5. The zero-order valence-electron chi connectivity index (χ0n) is 18.5. The van der Waals surface area contributed by atoms with Crippen LogP contribution < -0.4 is 15.4 Å². The minimum Gasteiger partial charge on any atom is -0.457 e. The molecule has 0 spiro atoms. The average Bonchev–Trinajstić information content (AvgIpc) is 3.39. The first-order valence-electron chi connectivity index (χ1n) is 10.0. The number of carbonyl (C=O) groups is 1. The number of aromatic nitrogens is 5.